The smallest absolute Gasteiger partial charge is 0.359 e. The van der Waals surface area contributed by atoms with Gasteiger partial charge in [-0.25, -0.2) is 4.79 Å². The predicted octanol–water partition coefficient (Wildman–Crippen LogP) is 2.67. The molecule has 0 aliphatic rings. The third-order valence-corrected chi connectivity index (χ3v) is 4.45. The molecule has 3 aromatic rings. The Morgan fingerprint density at radius 2 is 2.00 bits per heavy atom. The Hall–Kier alpha value is -3.35. The van der Waals surface area contributed by atoms with E-state index in [1.165, 1.54) is 5.56 Å². The highest BCUT2D eigenvalue weighted by Gasteiger charge is 2.16. The second kappa shape index (κ2) is 9.03. The number of hydrogen-bond acceptors (Lipinski definition) is 5. The number of benzene rings is 2. The van der Waals surface area contributed by atoms with Gasteiger partial charge in [0.25, 0.3) is 5.91 Å². The second-order valence-electron chi connectivity index (χ2n) is 6.46. The van der Waals surface area contributed by atoms with Crippen LogP contribution in [-0.4, -0.2) is 48.3 Å². The molecule has 1 aromatic heterocycles. The van der Waals surface area contributed by atoms with Gasteiger partial charge in [-0.05, 0) is 37.6 Å². The van der Waals surface area contributed by atoms with Crippen molar-refractivity contribution in [2.45, 2.75) is 13.8 Å². The van der Waals surface area contributed by atoms with Crippen LogP contribution in [0.2, 0.25) is 0 Å². The SMILES string of the molecule is CCN(CCNC(=O)COC(=O)c1n[nH]c2ccccc12)c1cccc(C)c1. The molecular formula is C21H24N4O3. The van der Waals surface area contributed by atoms with Crippen LogP contribution in [0.15, 0.2) is 48.5 Å². The van der Waals surface area contributed by atoms with Crippen molar-refractivity contribution < 1.29 is 14.3 Å². The number of fused-ring (bicyclic) bond motifs is 1. The molecular weight excluding hydrogens is 356 g/mol. The molecule has 0 saturated carbocycles. The zero-order valence-corrected chi connectivity index (χ0v) is 16.1. The van der Waals surface area contributed by atoms with Crippen LogP contribution in [0.3, 0.4) is 0 Å². The number of hydrogen-bond donors (Lipinski definition) is 2. The first kappa shape index (κ1) is 19.4. The van der Waals surface area contributed by atoms with Gasteiger partial charge in [-0.15, -0.1) is 0 Å². The molecule has 0 bridgehead atoms. The van der Waals surface area contributed by atoms with Gasteiger partial charge in [0.15, 0.2) is 12.3 Å². The van der Waals surface area contributed by atoms with Gasteiger partial charge in [-0.3, -0.25) is 9.89 Å². The summed E-state index contributed by atoms with van der Waals surface area (Å²) in [5.74, 6) is -0.962. The van der Waals surface area contributed by atoms with Gasteiger partial charge in [0.2, 0.25) is 0 Å². The van der Waals surface area contributed by atoms with Crippen LogP contribution in [0.5, 0.6) is 0 Å². The van der Waals surface area contributed by atoms with Gasteiger partial charge in [0, 0.05) is 30.7 Å². The number of likely N-dealkylation sites (N-methyl/N-ethyl adjacent to an activating group) is 1. The lowest BCUT2D eigenvalue weighted by atomic mass is 10.2. The molecule has 2 aromatic carbocycles. The van der Waals surface area contributed by atoms with E-state index in [9.17, 15) is 9.59 Å². The van der Waals surface area contributed by atoms with Crippen LogP contribution in [0.4, 0.5) is 5.69 Å². The third kappa shape index (κ3) is 4.68. The molecule has 0 saturated heterocycles. The Morgan fingerprint density at radius 3 is 2.79 bits per heavy atom. The molecule has 0 radical (unpaired) electrons. The monoisotopic (exact) mass is 380 g/mol. The molecule has 0 aliphatic heterocycles. The van der Waals surface area contributed by atoms with E-state index in [0.29, 0.717) is 18.5 Å². The fourth-order valence-electron chi connectivity index (χ4n) is 2.99. The molecule has 0 aliphatic carbocycles. The van der Waals surface area contributed by atoms with Crippen LogP contribution < -0.4 is 10.2 Å². The van der Waals surface area contributed by atoms with Crippen LogP contribution >= 0.6 is 0 Å². The van der Waals surface area contributed by atoms with Crippen molar-refractivity contribution >= 4 is 28.5 Å². The van der Waals surface area contributed by atoms with Gasteiger partial charge in [0.1, 0.15) is 0 Å². The number of anilines is 1. The quantitative estimate of drug-likeness (QED) is 0.587. The largest absolute Gasteiger partial charge is 0.451 e. The van der Waals surface area contributed by atoms with E-state index in [-0.39, 0.29) is 18.2 Å². The van der Waals surface area contributed by atoms with Crippen LogP contribution in [-0.2, 0) is 9.53 Å². The van der Waals surface area contributed by atoms with Gasteiger partial charge in [-0.1, -0.05) is 30.3 Å². The fraction of sp³-hybridized carbons (Fsp3) is 0.286. The van der Waals surface area contributed by atoms with Crippen LogP contribution in [0, 0.1) is 6.92 Å². The van der Waals surface area contributed by atoms with Gasteiger partial charge in [0.05, 0.1) is 5.52 Å². The third-order valence-electron chi connectivity index (χ3n) is 4.45. The van der Waals surface area contributed by atoms with Gasteiger partial charge in [-0.2, -0.15) is 5.10 Å². The van der Waals surface area contributed by atoms with Gasteiger partial charge >= 0.3 is 5.97 Å². The summed E-state index contributed by atoms with van der Waals surface area (Å²) >= 11 is 0. The average Bonchev–Trinajstić information content (AvgIpc) is 3.13. The summed E-state index contributed by atoms with van der Waals surface area (Å²) in [5.41, 5.74) is 3.24. The predicted molar refractivity (Wildman–Crippen MR) is 108 cm³/mol. The first-order valence-corrected chi connectivity index (χ1v) is 9.27. The molecule has 28 heavy (non-hydrogen) atoms. The van der Waals surface area contributed by atoms with Crippen molar-refractivity contribution in [3.63, 3.8) is 0 Å². The molecule has 0 atom stereocenters. The van der Waals surface area contributed by atoms with Crippen molar-refractivity contribution in [1.29, 1.82) is 0 Å². The standard InChI is InChI=1S/C21H24N4O3/c1-3-25(16-8-6-7-15(2)13-16)12-11-22-19(26)14-28-21(27)20-17-9-4-5-10-18(17)23-24-20/h4-10,13H,3,11-12,14H2,1-2H3,(H,22,26)(H,23,24). The van der Waals surface area contributed by atoms with E-state index in [1.54, 1.807) is 6.07 Å². The number of esters is 1. The normalized spacial score (nSPS) is 10.6. The van der Waals surface area contributed by atoms with E-state index < -0.39 is 5.97 Å². The Balaban J connectivity index is 1.46. The first-order chi connectivity index (χ1) is 13.6. The summed E-state index contributed by atoms with van der Waals surface area (Å²) in [6.45, 7) is 5.75. The number of para-hydroxylation sites is 1. The lowest BCUT2D eigenvalue weighted by Gasteiger charge is -2.23. The number of aromatic nitrogens is 2. The Bertz CT molecular complexity index is 967. The number of aryl methyl sites for hydroxylation is 1. The van der Waals surface area contributed by atoms with Crippen LogP contribution in [0.25, 0.3) is 10.9 Å². The van der Waals surface area contributed by atoms with E-state index in [4.69, 9.17) is 4.74 Å². The average molecular weight is 380 g/mol. The molecule has 0 unspecified atom stereocenters. The number of H-pyrrole nitrogens is 1. The molecule has 0 spiro atoms. The maximum absolute atomic E-state index is 12.2. The summed E-state index contributed by atoms with van der Waals surface area (Å²) in [6, 6.07) is 15.5. The minimum Gasteiger partial charge on any atom is -0.451 e. The first-order valence-electron chi connectivity index (χ1n) is 9.27. The van der Waals surface area contributed by atoms with E-state index in [1.807, 2.05) is 30.3 Å². The highest BCUT2D eigenvalue weighted by Crippen LogP contribution is 2.16. The Labute approximate surface area is 163 Å². The number of aromatic amines is 1. The van der Waals surface area contributed by atoms with Crippen molar-refractivity contribution in [3.05, 3.63) is 59.8 Å². The molecule has 7 nitrogen and oxygen atoms in total. The van der Waals surface area contributed by atoms with E-state index in [2.05, 4.69) is 46.4 Å². The molecule has 7 heteroatoms. The molecule has 1 amide bonds. The maximum Gasteiger partial charge on any atom is 0.359 e. The lowest BCUT2D eigenvalue weighted by molar-refractivity contribution is -0.124. The Kier molecular flexibility index (Phi) is 6.26. The summed E-state index contributed by atoms with van der Waals surface area (Å²) in [4.78, 5) is 26.4. The zero-order chi connectivity index (χ0) is 19.9. The summed E-state index contributed by atoms with van der Waals surface area (Å²) in [5, 5.41) is 10.2. The van der Waals surface area contributed by atoms with Crippen molar-refractivity contribution in [2.75, 3.05) is 31.1 Å². The molecule has 146 valence electrons. The summed E-state index contributed by atoms with van der Waals surface area (Å²) < 4.78 is 5.09. The minimum absolute atomic E-state index is 0.181. The highest BCUT2D eigenvalue weighted by molar-refractivity contribution is 6.02. The summed E-state index contributed by atoms with van der Waals surface area (Å²) in [6.07, 6.45) is 0. The number of ether oxygens (including phenoxy) is 1. The fourth-order valence-corrected chi connectivity index (χ4v) is 2.99. The number of carbonyl (C=O) groups is 2. The van der Waals surface area contributed by atoms with Crippen molar-refractivity contribution in [2.24, 2.45) is 0 Å². The highest BCUT2D eigenvalue weighted by atomic mass is 16.5. The van der Waals surface area contributed by atoms with E-state index in [0.717, 1.165) is 17.7 Å². The van der Waals surface area contributed by atoms with Crippen molar-refractivity contribution in [3.8, 4) is 0 Å². The number of nitrogens with one attached hydrogen (secondary N) is 2. The summed E-state index contributed by atoms with van der Waals surface area (Å²) in [7, 11) is 0. The molecule has 3 rings (SSSR count). The number of rotatable bonds is 8. The molecule has 1 heterocycles. The Morgan fingerprint density at radius 1 is 1.18 bits per heavy atom. The number of amides is 1. The molecule has 0 fully saturated rings. The number of carbonyl (C=O) groups excluding carboxylic acids is 2. The van der Waals surface area contributed by atoms with Crippen LogP contribution in [0.1, 0.15) is 23.0 Å². The van der Waals surface area contributed by atoms with Crippen molar-refractivity contribution in [1.82, 2.24) is 15.5 Å². The van der Waals surface area contributed by atoms with E-state index >= 15 is 0 Å². The lowest BCUT2D eigenvalue weighted by Crippen LogP contribution is -2.37. The second-order valence-corrected chi connectivity index (χ2v) is 6.46. The van der Waals surface area contributed by atoms with Gasteiger partial charge < -0.3 is 15.0 Å². The topological polar surface area (TPSA) is 87.3 Å². The zero-order valence-electron chi connectivity index (χ0n) is 16.1. The maximum atomic E-state index is 12.2. The minimum atomic E-state index is -0.623. The molecule has 2 N–H and O–H groups in total. The number of nitrogens with zero attached hydrogens (tertiary/aromatic N) is 2.